The van der Waals surface area contributed by atoms with Crippen molar-refractivity contribution >= 4 is 46.0 Å². The molecule has 0 spiro atoms. The van der Waals surface area contributed by atoms with Crippen LogP contribution in [0.15, 0.2) is 78.0 Å². The first-order valence-corrected chi connectivity index (χ1v) is 12.4. The smallest absolute Gasteiger partial charge is 0.225 e. The van der Waals surface area contributed by atoms with E-state index in [4.69, 9.17) is 11.6 Å². The summed E-state index contributed by atoms with van der Waals surface area (Å²) < 4.78 is 3.81. The van der Waals surface area contributed by atoms with Crippen molar-refractivity contribution in [2.24, 2.45) is 0 Å². The van der Waals surface area contributed by atoms with Gasteiger partial charge in [0.15, 0.2) is 11.0 Å². The Morgan fingerprint density at radius 1 is 1.00 bits per heavy atom. The normalized spacial score (nSPS) is 11.1. The van der Waals surface area contributed by atoms with E-state index in [9.17, 15) is 4.79 Å². The van der Waals surface area contributed by atoms with E-state index in [1.807, 2.05) is 76.8 Å². The largest absolute Gasteiger partial charge is 0.326 e. The van der Waals surface area contributed by atoms with Crippen molar-refractivity contribution in [3.8, 4) is 5.69 Å². The number of rotatable bonds is 8. The molecule has 0 radical (unpaired) electrons. The maximum atomic E-state index is 12.5. The van der Waals surface area contributed by atoms with Crippen molar-refractivity contribution in [1.82, 2.24) is 29.8 Å². The molecule has 0 aliphatic rings. The summed E-state index contributed by atoms with van der Waals surface area (Å²) in [5.41, 5.74) is 4.39. The summed E-state index contributed by atoms with van der Waals surface area (Å²) in [5.74, 6) is 1.19. The third-order valence-electron chi connectivity index (χ3n) is 5.46. The fourth-order valence-corrected chi connectivity index (χ4v) is 4.76. The molecule has 5 rings (SSSR count). The van der Waals surface area contributed by atoms with Gasteiger partial charge in [-0.05, 0) is 48.9 Å². The molecular formula is C25H22ClN7OS. The second-order valence-electron chi connectivity index (χ2n) is 7.91. The molecule has 2 heterocycles. The number of anilines is 1. The van der Waals surface area contributed by atoms with Gasteiger partial charge in [-0.3, -0.25) is 9.36 Å². The standard InChI is InChI=1S/C25H22ClN7OS/c1-17-11-12-18(26)15-21(17)27-24(34)13-14-35-25-30-29-23(33(25)19-7-3-2-4-8-19)16-32-22-10-6-5-9-20(22)28-31-32/h2-12,15H,13-14,16H2,1H3,(H,27,34). The van der Waals surface area contributed by atoms with Crippen LogP contribution in [-0.4, -0.2) is 41.4 Å². The number of nitrogens with zero attached hydrogens (tertiary/aromatic N) is 6. The van der Waals surface area contributed by atoms with Gasteiger partial charge in [0.1, 0.15) is 12.1 Å². The Morgan fingerprint density at radius 3 is 2.66 bits per heavy atom. The number of benzene rings is 3. The van der Waals surface area contributed by atoms with Crippen LogP contribution < -0.4 is 5.32 Å². The number of fused-ring (bicyclic) bond motifs is 1. The highest BCUT2D eigenvalue weighted by Crippen LogP contribution is 2.25. The highest BCUT2D eigenvalue weighted by molar-refractivity contribution is 7.99. The first-order valence-electron chi connectivity index (χ1n) is 11.1. The summed E-state index contributed by atoms with van der Waals surface area (Å²) in [6, 6.07) is 23.2. The molecule has 1 amide bonds. The summed E-state index contributed by atoms with van der Waals surface area (Å²) in [6.45, 7) is 2.35. The summed E-state index contributed by atoms with van der Waals surface area (Å²) in [6.07, 6.45) is 0.321. The van der Waals surface area contributed by atoms with Crippen LogP contribution in [0.3, 0.4) is 0 Å². The Bertz CT molecular complexity index is 1480. The van der Waals surface area contributed by atoms with Gasteiger partial charge < -0.3 is 5.32 Å². The number of carbonyl (C=O) groups is 1. The molecule has 0 bridgehead atoms. The second-order valence-corrected chi connectivity index (χ2v) is 9.41. The van der Waals surface area contributed by atoms with Gasteiger partial charge in [-0.2, -0.15) is 0 Å². The molecule has 0 unspecified atom stereocenters. The number of para-hydroxylation sites is 2. The van der Waals surface area contributed by atoms with Gasteiger partial charge in [0, 0.05) is 28.6 Å². The van der Waals surface area contributed by atoms with E-state index in [2.05, 4.69) is 25.8 Å². The lowest BCUT2D eigenvalue weighted by atomic mass is 10.2. The average molecular weight is 504 g/mol. The predicted molar refractivity (Wildman–Crippen MR) is 138 cm³/mol. The van der Waals surface area contributed by atoms with Crippen LogP contribution in [0.5, 0.6) is 0 Å². The van der Waals surface area contributed by atoms with Crippen LogP contribution in [0.25, 0.3) is 16.7 Å². The van der Waals surface area contributed by atoms with E-state index < -0.39 is 0 Å². The van der Waals surface area contributed by atoms with Gasteiger partial charge in [-0.15, -0.1) is 15.3 Å². The van der Waals surface area contributed by atoms with E-state index in [0.717, 1.165) is 33.8 Å². The van der Waals surface area contributed by atoms with Gasteiger partial charge in [0.2, 0.25) is 5.91 Å². The van der Waals surface area contributed by atoms with Crippen molar-refractivity contribution in [3.05, 3.63) is 89.2 Å². The topological polar surface area (TPSA) is 90.5 Å². The van der Waals surface area contributed by atoms with E-state index >= 15 is 0 Å². The van der Waals surface area contributed by atoms with Gasteiger partial charge in [0.25, 0.3) is 0 Å². The van der Waals surface area contributed by atoms with Crippen molar-refractivity contribution in [3.63, 3.8) is 0 Å². The average Bonchev–Trinajstić information content (AvgIpc) is 3.46. The number of aromatic nitrogens is 6. The molecule has 35 heavy (non-hydrogen) atoms. The molecule has 10 heteroatoms. The highest BCUT2D eigenvalue weighted by Gasteiger charge is 2.17. The van der Waals surface area contributed by atoms with Crippen LogP contribution in [0.1, 0.15) is 17.8 Å². The number of hydrogen-bond acceptors (Lipinski definition) is 6. The van der Waals surface area contributed by atoms with Crippen LogP contribution in [0.4, 0.5) is 5.69 Å². The minimum absolute atomic E-state index is 0.0806. The third kappa shape index (κ3) is 5.21. The van der Waals surface area contributed by atoms with Crippen molar-refractivity contribution in [2.75, 3.05) is 11.1 Å². The van der Waals surface area contributed by atoms with E-state index in [-0.39, 0.29) is 5.91 Å². The fraction of sp³-hybridized carbons (Fsp3) is 0.160. The van der Waals surface area contributed by atoms with Crippen molar-refractivity contribution in [2.45, 2.75) is 25.0 Å². The fourth-order valence-electron chi connectivity index (χ4n) is 3.68. The van der Waals surface area contributed by atoms with E-state index in [0.29, 0.717) is 28.9 Å². The summed E-state index contributed by atoms with van der Waals surface area (Å²) in [5, 5.41) is 21.6. The molecular weight excluding hydrogens is 482 g/mol. The Morgan fingerprint density at radius 2 is 1.80 bits per heavy atom. The first-order chi connectivity index (χ1) is 17.1. The number of carbonyl (C=O) groups excluding carboxylic acids is 1. The predicted octanol–water partition coefficient (Wildman–Crippen LogP) is 5.14. The minimum atomic E-state index is -0.0806. The summed E-state index contributed by atoms with van der Waals surface area (Å²) >= 11 is 7.54. The lowest BCUT2D eigenvalue weighted by Gasteiger charge is -2.11. The van der Waals surface area contributed by atoms with Crippen LogP contribution in [0, 0.1) is 6.92 Å². The molecule has 0 saturated heterocycles. The van der Waals surface area contributed by atoms with Gasteiger partial charge in [-0.25, -0.2) is 4.68 Å². The lowest BCUT2D eigenvalue weighted by Crippen LogP contribution is -2.13. The maximum Gasteiger partial charge on any atom is 0.225 e. The van der Waals surface area contributed by atoms with Crippen molar-refractivity contribution in [1.29, 1.82) is 0 Å². The Labute approximate surface area is 211 Å². The van der Waals surface area contributed by atoms with Crippen LogP contribution in [0.2, 0.25) is 5.02 Å². The molecule has 0 aliphatic carbocycles. The monoisotopic (exact) mass is 503 g/mol. The highest BCUT2D eigenvalue weighted by atomic mass is 35.5. The van der Waals surface area contributed by atoms with Gasteiger partial charge in [-0.1, -0.05) is 65.0 Å². The molecule has 0 fully saturated rings. The molecule has 176 valence electrons. The molecule has 5 aromatic rings. The van der Waals surface area contributed by atoms with Crippen LogP contribution in [-0.2, 0) is 11.3 Å². The molecule has 0 atom stereocenters. The zero-order chi connectivity index (χ0) is 24.2. The minimum Gasteiger partial charge on any atom is -0.326 e. The number of aryl methyl sites for hydroxylation is 1. The molecule has 8 nitrogen and oxygen atoms in total. The number of halogens is 1. The lowest BCUT2D eigenvalue weighted by molar-refractivity contribution is -0.115. The zero-order valence-electron chi connectivity index (χ0n) is 18.9. The number of nitrogens with one attached hydrogen (secondary N) is 1. The van der Waals surface area contributed by atoms with E-state index in [1.54, 1.807) is 12.1 Å². The Hall–Kier alpha value is -3.69. The van der Waals surface area contributed by atoms with Crippen molar-refractivity contribution < 1.29 is 4.79 Å². The molecule has 0 saturated carbocycles. The summed E-state index contributed by atoms with van der Waals surface area (Å²) in [7, 11) is 0. The number of amides is 1. The molecule has 0 aliphatic heterocycles. The number of thioether (sulfide) groups is 1. The number of hydrogen-bond donors (Lipinski definition) is 1. The van der Waals surface area contributed by atoms with E-state index in [1.165, 1.54) is 11.8 Å². The molecule has 1 N–H and O–H groups in total. The van der Waals surface area contributed by atoms with Gasteiger partial charge in [0.05, 0.1) is 5.52 Å². The first kappa shape index (κ1) is 23.1. The maximum absolute atomic E-state index is 12.5. The summed E-state index contributed by atoms with van der Waals surface area (Å²) in [4.78, 5) is 12.5. The third-order valence-corrected chi connectivity index (χ3v) is 6.63. The van der Waals surface area contributed by atoms with Gasteiger partial charge >= 0.3 is 0 Å². The molecule has 3 aromatic carbocycles. The Balaban J connectivity index is 1.33. The SMILES string of the molecule is Cc1ccc(Cl)cc1NC(=O)CCSc1nnc(Cn2nnc3ccccc32)n1-c1ccccc1. The quantitative estimate of drug-likeness (QED) is 0.295. The zero-order valence-corrected chi connectivity index (χ0v) is 20.5. The molecule has 2 aromatic heterocycles. The Kier molecular flexibility index (Phi) is 6.78. The van der Waals surface area contributed by atoms with Crippen LogP contribution >= 0.6 is 23.4 Å². The second kappa shape index (κ2) is 10.3.